The van der Waals surface area contributed by atoms with E-state index in [-0.39, 0.29) is 6.04 Å². The van der Waals surface area contributed by atoms with Gasteiger partial charge in [0, 0.05) is 33.3 Å². The van der Waals surface area contributed by atoms with Crippen LogP contribution in [0.2, 0.25) is 0 Å². The summed E-state index contributed by atoms with van der Waals surface area (Å²) in [5.74, 6) is 0. The molecule has 1 unspecified atom stereocenters. The smallest absolute Gasteiger partial charge is 0.123 e. The zero-order chi connectivity index (χ0) is 14.7. The standard InChI is InChI=1S/C17H15BrN2S/c1-12(15-4-2-3-5-16(15)18)20-14-8-6-13(7-9-14)17-19-10-11-21-17/h2-12,20H,1H3. The number of thiazole rings is 1. The first-order chi connectivity index (χ1) is 10.2. The molecule has 3 aromatic rings. The summed E-state index contributed by atoms with van der Waals surface area (Å²) in [6.07, 6.45) is 1.83. The molecule has 1 heterocycles. The van der Waals surface area contributed by atoms with Crippen molar-refractivity contribution < 1.29 is 0 Å². The van der Waals surface area contributed by atoms with Gasteiger partial charge in [0.1, 0.15) is 5.01 Å². The highest BCUT2D eigenvalue weighted by molar-refractivity contribution is 9.10. The van der Waals surface area contributed by atoms with E-state index in [0.29, 0.717) is 0 Å². The average molecular weight is 359 g/mol. The molecule has 2 nitrogen and oxygen atoms in total. The number of aromatic nitrogens is 1. The van der Waals surface area contributed by atoms with Gasteiger partial charge in [0.2, 0.25) is 0 Å². The molecule has 0 aliphatic carbocycles. The van der Waals surface area contributed by atoms with Crippen LogP contribution in [0.1, 0.15) is 18.5 Å². The second-order valence-corrected chi connectivity index (χ2v) is 6.55. The fraction of sp³-hybridized carbons (Fsp3) is 0.118. The third-order valence-corrected chi connectivity index (χ3v) is 4.86. The maximum Gasteiger partial charge on any atom is 0.123 e. The molecule has 3 rings (SSSR count). The van der Waals surface area contributed by atoms with Crippen LogP contribution in [-0.4, -0.2) is 4.98 Å². The maximum absolute atomic E-state index is 4.33. The van der Waals surface area contributed by atoms with Crippen LogP contribution in [0.3, 0.4) is 0 Å². The van der Waals surface area contributed by atoms with Crippen LogP contribution in [0, 0.1) is 0 Å². The van der Waals surface area contributed by atoms with Crippen molar-refractivity contribution in [3.63, 3.8) is 0 Å². The third-order valence-electron chi connectivity index (χ3n) is 3.32. The lowest BCUT2D eigenvalue weighted by atomic mass is 10.1. The van der Waals surface area contributed by atoms with Crippen LogP contribution in [0.5, 0.6) is 0 Å². The highest BCUT2D eigenvalue weighted by atomic mass is 79.9. The van der Waals surface area contributed by atoms with E-state index in [2.05, 4.69) is 75.6 Å². The van der Waals surface area contributed by atoms with E-state index < -0.39 is 0 Å². The summed E-state index contributed by atoms with van der Waals surface area (Å²) >= 11 is 5.26. The number of rotatable bonds is 4. The SMILES string of the molecule is CC(Nc1ccc(-c2nccs2)cc1)c1ccccc1Br. The number of nitrogens with zero attached hydrogens (tertiary/aromatic N) is 1. The Morgan fingerprint density at radius 3 is 2.52 bits per heavy atom. The molecular formula is C17H15BrN2S. The number of benzene rings is 2. The summed E-state index contributed by atoms with van der Waals surface area (Å²) in [6, 6.07) is 16.9. The minimum atomic E-state index is 0.242. The molecule has 1 atom stereocenters. The zero-order valence-corrected chi connectivity index (χ0v) is 14.0. The molecule has 0 saturated carbocycles. The molecule has 1 aromatic heterocycles. The monoisotopic (exact) mass is 358 g/mol. The Labute approximate surface area is 137 Å². The molecule has 0 spiro atoms. The first-order valence-corrected chi connectivity index (χ1v) is 8.42. The second-order valence-electron chi connectivity index (χ2n) is 4.80. The van der Waals surface area contributed by atoms with E-state index in [0.717, 1.165) is 20.7 Å². The largest absolute Gasteiger partial charge is 0.378 e. The Morgan fingerprint density at radius 1 is 1.10 bits per heavy atom. The summed E-state index contributed by atoms with van der Waals surface area (Å²) in [7, 11) is 0. The lowest BCUT2D eigenvalue weighted by Crippen LogP contribution is -2.07. The summed E-state index contributed by atoms with van der Waals surface area (Å²) in [5.41, 5.74) is 3.52. The van der Waals surface area contributed by atoms with Gasteiger partial charge in [0.15, 0.2) is 0 Å². The molecule has 21 heavy (non-hydrogen) atoms. The van der Waals surface area contributed by atoms with E-state index >= 15 is 0 Å². The predicted molar refractivity (Wildman–Crippen MR) is 93.7 cm³/mol. The average Bonchev–Trinajstić information content (AvgIpc) is 3.02. The Morgan fingerprint density at radius 2 is 1.86 bits per heavy atom. The highest BCUT2D eigenvalue weighted by Crippen LogP contribution is 2.28. The van der Waals surface area contributed by atoms with Crippen molar-refractivity contribution in [2.75, 3.05) is 5.32 Å². The van der Waals surface area contributed by atoms with Crippen molar-refractivity contribution >= 4 is 33.0 Å². The number of hydrogen-bond donors (Lipinski definition) is 1. The Kier molecular flexibility index (Phi) is 4.36. The van der Waals surface area contributed by atoms with Crippen LogP contribution in [-0.2, 0) is 0 Å². The van der Waals surface area contributed by atoms with E-state index in [1.54, 1.807) is 11.3 Å². The van der Waals surface area contributed by atoms with Crippen molar-refractivity contribution in [2.24, 2.45) is 0 Å². The molecule has 0 fully saturated rings. The van der Waals surface area contributed by atoms with Gasteiger partial charge in [-0.15, -0.1) is 11.3 Å². The first-order valence-electron chi connectivity index (χ1n) is 6.75. The molecule has 0 radical (unpaired) electrons. The molecule has 2 aromatic carbocycles. The highest BCUT2D eigenvalue weighted by Gasteiger charge is 2.08. The number of anilines is 1. The van der Waals surface area contributed by atoms with Gasteiger partial charge in [-0.05, 0) is 42.8 Å². The van der Waals surface area contributed by atoms with Gasteiger partial charge in [-0.3, -0.25) is 0 Å². The molecular weight excluding hydrogens is 344 g/mol. The van der Waals surface area contributed by atoms with Gasteiger partial charge in [0.05, 0.1) is 0 Å². The van der Waals surface area contributed by atoms with Crippen molar-refractivity contribution in [2.45, 2.75) is 13.0 Å². The van der Waals surface area contributed by atoms with E-state index in [1.165, 1.54) is 5.56 Å². The van der Waals surface area contributed by atoms with Gasteiger partial charge in [-0.1, -0.05) is 34.1 Å². The molecule has 0 aliphatic heterocycles. The quantitative estimate of drug-likeness (QED) is 0.642. The normalized spacial score (nSPS) is 12.1. The summed E-state index contributed by atoms with van der Waals surface area (Å²) < 4.78 is 1.13. The van der Waals surface area contributed by atoms with E-state index in [9.17, 15) is 0 Å². The van der Waals surface area contributed by atoms with Crippen molar-refractivity contribution in [3.05, 3.63) is 70.1 Å². The molecule has 0 saturated heterocycles. The van der Waals surface area contributed by atoms with Crippen LogP contribution < -0.4 is 5.32 Å². The van der Waals surface area contributed by atoms with Gasteiger partial charge < -0.3 is 5.32 Å². The minimum Gasteiger partial charge on any atom is -0.378 e. The van der Waals surface area contributed by atoms with Crippen LogP contribution in [0.15, 0.2) is 64.6 Å². The van der Waals surface area contributed by atoms with E-state index in [1.807, 2.05) is 17.6 Å². The number of halogens is 1. The Hall–Kier alpha value is -1.65. The lowest BCUT2D eigenvalue weighted by Gasteiger charge is -2.17. The second kappa shape index (κ2) is 6.41. The topological polar surface area (TPSA) is 24.9 Å². The van der Waals surface area contributed by atoms with Crippen molar-refractivity contribution in [3.8, 4) is 10.6 Å². The fourth-order valence-electron chi connectivity index (χ4n) is 2.23. The minimum absolute atomic E-state index is 0.242. The molecule has 0 amide bonds. The van der Waals surface area contributed by atoms with Gasteiger partial charge in [0.25, 0.3) is 0 Å². The molecule has 1 N–H and O–H groups in total. The van der Waals surface area contributed by atoms with Crippen molar-refractivity contribution in [1.29, 1.82) is 0 Å². The van der Waals surface area contributed by atoms with Crippen LogP contribution in [0.25, 0.3) is 10.6 Å². The fourth-order valence-corrected chi connectivity index (χ4v) is 3.50. The van der Waals surface area contributed by atoms with Gasteiger partial charge >= 0.3 is 0 Å². The summed E-state index contributed by atoms with van der Waals surface area (Å²) in [4.78, 5) is 4.33. The summed E-state index contributed by atoms with van der Waals surface area (Å²) in [5, 5.41) is 6.58. The van der Waals surface area contributed by atoms with Gasteiger partial charge in [-0.25, -0.2) is 4.98 Å². The van der Waals surface area contributed by atoms with Crippen molar-refractivity contribution in [1.82, 2.24) is 4.98 Å². The zero-order valence-electron chi connectivity index (χ0n) is 11.6. The summed E-state index contributed by atoms with van der Waals surface area (Å²) in [6.45, 7) is 2.16. The van der Waals surface area contributed by atoms with Crippen LogP contribution >= 0.6 is 27.3 Å². The predicted octanol–water partition coefficient (Wildman–Crippen LogP) is 5.75. The Bertz CT molecular complexity index is 708. The molecule has 0 aliphatic rings. The lowest BCUT2D eigenvalue weighted by molar-refractivity contribution is 0.879. The Balaban J connectivity index is 1.75. The maximum atomic E-state index is 4.33. The number of hydrogen-bond acceptors (Lipinski definition) is 3. The van der Waals surface area contributed by atoms with Gasteiger partial charge in [-0.2, -0.15) is 0 Å². The first kappa shape index (κ1) is 14.3. The third kappa shape index (κ3) is 3.34. The molecule has 106 valence electrons. The molecule has 4 heteroatoms. The molecule has 0 bridgehead atoms. The number of nitrogens with one attached hydrogen (secondary N) is 1. The van der Waals surface area contributed by atoms with E-state index in [4.69, 9.17) is 0 Å². The van der Waals surface area contributed by atoms with Crippen LogP contribution in [0.4, 0.5) is 5.69 Å².